The number of carboxylic acids is 1. The van der Waals surface area contributed by atoms with Gasteiger partial charge in [0.2, 0.25) is 0 Å². The molecule has 1 N–H and O–H groups in total. The number of quaternary nitrogens is 1. The Labute approximate surface area is 371 Å². The molecular formula is C51H100NO8+. The Morgan fingerprint density at radius 1 is 0.433 bits per heavy atom. The molecule has 0 aliphatic carbocycles. The summed E-state index contributed by atoms with van der Waals surface area (Å²) in [7, 11) is 5.97. The number of rotatable bonds is 48. The van der Waals surface area contributed by atoms with Crippen molar-refractivity contribution in [2.75, 3.05) is 47.5 Å². The molecule has 0 heterocycles. The van der Waals surface area contributed by atoms with E-state index in [4.69, 9.17) is 18.9 Å². The smallest absolute Gasteiger partial charge is 0.361 e. The molecule has 0 saturated carbocycles. The molecule has 0 aromatic heterocycles. The summed E-state index contributed by atoms with van der Waals surface area (Å²) in [4.78, 5) is 37.1. The maximum atomic E-state index is 12.8. The molecule has 0 aromatic carbocycles. The molecule has 0 saturated heterocycles. The summed E-state index contributed by atoms with van der Waals surface area (Å²) in [5.74, 6) is -1.99. The molecule has 60 heavy (non-hydrogen) atoms. The van der Waals surface area contributed by atoms with E-state index in [-0.39, 0.29) is 38.2 Å². The largest absolute Gasteiger partial charge is 0.477 e. The van der Waals surface area contributed by atoms with Crippen LogP contribution in [0.1, 0.15) is 251 Å². The zero-order valence-electron chi connectivity index (χ0n) is 40.4. The zero-order valence-corrected chi connectivity index (χ0v) is 40.4. The minimum Gasteiger partial charge on any atom is -0.477 e. The second-order valence-electron chi connectivity index (χ2n) is 18.9. The number of carbonyl (C=O) groups is 3. The summed E-state index contributed by atoms with van der Waals surface area (Å²) < 4.78 is 22.7. The second kappa shape index (κ2) is 43.9. The molecule has 2 unspecified atom stereocenters. The quantitative estimate of drug-likeness (QED) is 0.0279. The normalized spacial score (nSPS) is 12.8. The standard InChI is InChI=1S/C51H99NO8/c1-6-8-10-12-14-16-17-18-19-20-21-22-23-24-25-26-27-28-29-30-31-32-34-36-38-40-42-49(54)60-47(46-59-51(50(55)56)57-44-43-52(3,4)5)45-58-48(53)41-39-37-35-33-15-13-11-9-7-2/h47,51H,6-46H2,1-5H3/p+1. The molecule has 356 valence electrons. The van der Waals surface area contributed by atoms with Crippen LogP contribution in [-0.2, 0) is 33.3 Å². The van der Waals surface area contributed by atoms with Gasteiger partial charge >= 0.3 is 17.9 Å². The summed E-state index contributed by atoms with van der Waals surface area (Å²) in [5, 5.41) is 9.64. The summed E-state index contributed by atoms with van der Waals surface area (Å²) >= 11 is 0. The van der Waals surface area contributed by atoms with Crippen molar-refractivity contribution in [2.24, 2.45) is 0 Å². The van der Waals surface area contributed by atoms with Crippen molar-refractivity contribution in [3.63, 3.8) is 0 Å². The summed E-state index contributed by atoms with van der Waals surface area (Å²) in [6, 6.07) is 0. The van der Waals surface area contributed by atoms with Gasteiger partial charge in [-0.25, -0.2) is 4.79 Å². The minimum absolute atomic E-state index is 0.174. The third kappa shape index (κ3) is 44.3. The predicted octanol–water partition coefficient (Wildman–Crippen LogP) is 14.1. The Morgan fingerprint density at radius 2 is 0.750 bits per heavy atom. The van der Waals surface area contributed by atoms with Crippen LogP contribution >= 0.6 is 0 Å². The van der Waals surface area contributed by atoms with Crippen molar-refractivity contribution in [3.05, 3.63) is 0 Å². The highest BCUT2D eigenvalue weighted by Crippen LogP contribution is 2.17. The first kappa shape index (κ1) is 58.3. The maximum absolute atomic E-state index is 12.8. The fourth-order valence-corrected chi connectivity index (χ4v) is 7.60. The molecule has 0 fully saturated rings. The number of esters is 2. The predicted molar refractivity (Wildman–Crippen MR) is 249 cm³/mol. The van der Waals surface area contributed by atoms with E-state index in [0.717, 1.165) is 38.5 Å². The monoisotopic (exact) mass is 855 g/mol. The number of unbranched alkanes of at least 4 members (excludes halogenated alkanes) is 33. The Kier molecular flexibility index (Phi) is 42.7. The van der Waals surface area contributed by atoms with E-state index in [1.54, 1.807) is 0 Å². The van der Waals surface area contributed by atoms with Crippen LogP contribution in [0.15, 0.2) is 0 Å². The van der Waals surface area contributed by atoms with Gasteiger partial charge in [-0.1, -0.05) is 226 Å². The molecule has 0 radical (unpaired) electrons. The van der Waals surface area contributed by atoms with E-state index in [1.165, 1.54) is 186 Å². The van der Waals surface area contributed by atoms with E-state index >= 15 is 0 Å². The molecule has 0 spiro atoms. The lowest BCUT2D eigenvalue weighted by molar-refractivity contribution is -0.870. The van der Waals surface area contributed by atoms with Crippen molar-refractivity contribution in [2.45, 2.75) is 264 Å². The topological polar surface area (TPSA) is 108 Å². The lowest BCUT2D eigenvalue weighted by atomic mass is 10.0. The van der Waals surface area contributed by atoms with Crippen molar-refractivity contribution in [1.29, 1.82) is 0 Å². The number of ether oxygens (including phenoxy) is 4. The molecule has 0 aliphatic rings. The second-order valence-corrected chi connectivity index (χ2v) is 18.9. The van der Waals surface area contributed by atoms with Crippen molar-refractivity contribution < 1.29 is 42.9 Å². The molecule has 0 rings (SSSR count). The number of hydrogen-bond acceptors (Lipinski definition) is 7. The maximum Gasteiger partial charge on any atom is 0.361 e. The van der Waals surface area contributed by atoms with E-state index in [2.05, 4.69) is 13.8 Å². The third-order valence-electron chi connectivity index (χ3n) is 11.6. The molecular weight excluding hydrogens is 755 g/mol. The molecule has 0 amide bonds. The van der Waals surface area contributed by atoms with Gasteiger partial charge < -0.3 is 28.5 Å². The summed E-state index contributed by atoms with van der Waals surface area (Å²) in [5.41, 5.74) is 0. The van der Waals surface area contributed by atoms with Crippen LogP contribution in [0.5, 0.6) is 0 Å². The first-order valence-electron chi connectivity index (χ1n) is 25.7. The Hall–Kier alpha value is -1.71. The highest BCUT2D eigenvalue weighted by Gasteiger charge is 2.25. The first-order valence-corrected chi connectivity index (χ1v) is 25.7. The van der Waals surface area contributed by atoms with Crippen molar-refractivity contribution >= 4 is 17.9 Å². The average Bonchev–Trinajstić information content (AvgIpc) is 3.21. The van der Waals surface area contributed by atoms with Gasteiger partial charge in [0.05, 0.1) is 34.4 Å². The number of aliphatic carboxylic acids is 1. The molecule has 0 aromatic rings. The van der Waals surface area contributed by atoms with Gasteiger partial charge in [0.1, 0.15) is 13.2 Å². The Balaban J connectivity index is 4.10. The lowest BCUT2D eigenvalue weighted by Crippen LogP contribution is -2.40. The number of carbonyl (C=O) groups excluding carboxylic acids is 2. The SMILES string of the molecule is CCCCCCCCCCCCCCCCCCCCCCCCCCCCC(=O)OC(COC(=O)CCCCCCCCCCC)COC(OCC[N+](C)(C)C)C(=O)O. The van der Waals surface area contributed by atoms with Gasteiger partial charge in [-0.15, -0.1) is 0 Å². The lowest BCUT2D eigenvalue weighted by Gasteiger charge is -2.25. The summed E-state index contributed by atoms with van der Waals surface area (Å²) in [6.07, 6.45) is 43.3. The number of likely N-dealkylation sites (N-methyl/N-ethyl adjacent to an activating group) is 1. The van der Waals surface area contributed by atoms with E-state index in [9.17, 15) is 19.5 Å². The highest BCUT2D eigenvalue weighted by molar-refractivity contribution is 5.71. The Bertz CT molecular complexity index is 954. The van der Waals surface area contributed by atoms with Crippen LogP contribution in [-0.4, -0.2) is 87.4 Å². The van der Waals surface area contributed by atoms with Crippen LogP contribution in [0.3, 0.4) is 0 Å². The van der Waals surface area contributed by atoms with E-state index in [1.807, 2.05) is 21.1 Å². The number of nitrogens with zero attached hydrogens (tertiary/aromatic N) is 1. The first-order chi connectivity index (χ1) is 29.1. The van der Waals surface area contributed by atoms with Crippen LogP contribution in [0.4, 0.5) is 0 Å². The van der Waals surface area contributed by atoms with E-state index in [0.29, 0.717) is 17.4 Å². The van der Waals surface area contributed by atoms with Crippen LogP contribution < -0.4 is 0 Å². The average molecular weight is 855 g/mol. The fourth-order valence-electron chi connectivity index (χ4n) is 7.60. The van der Waals surface area contributed by atoms with E-state index < -0.39 is 18.4 Å². The van der Waals surface area contributed by atoms with Crippen molar-refractivity contribution in [3.8, 4) is 0 Å². The van der Waals surface area contributed by atoms with Gasteiger partial charge in [-0.05, 0) is 12.8 Å². The van der Waals surface area contributed by atoms with Crippen LogP contribution in [0, 0.1) is 0 Å². The van der Waals surface area contributed by atoms with Gasteiger partial charge in [-0.2, -0.15) is 0 Å². The van der Waals surface area contributed by atoms with Gasteiger partial charge in [0.25, 0.3) is 6.29 Å². The molecule has 9 nitrogen and oxygen atoms in total. The molecule has 0 bridgehead atoms. The van der Waals surface area contributed by atoms with Crippen molar-refractivity contribution in [1.82, 2.24) is 0 Å². The number of hydrogen-bond donors (Lipinski definition) is 1. The molecule has 0 aliphatic heterocycles. The minimum atomic E-state index is -1.50. The van der Waals surface area contributed by atoms with Crippen LogP contribution in [0.2, 0.25) is 0 Å². The van der Waals surface area contributed by atoms with Gasteiger partial charge in [0, 0.05) is 12.8 Å². The molecule has 2 atom stereocenters. The third-order valence-corrected chi connectivity index (χ3v) is 11.6. The van der Waals surface area contributed by atoms with Gasteiger partial charge in [-0.3, -0.25) is 9.59 Å². The van der Waals surface area contributed by atoms with Gasteiger partial charge in [0.15, 0.2) is 6.10 Å². The fraction of sp³-hybridized carbons (Fsp3) is 0.941. The summed E-state index contributed by atoms with van der Waals surface area (Å²) in [6.45, 7) is 4.89. The number of carboxylic acid groups (broad SMARTS) is 1. The Morgan fingerprint density at radius 3 is 1.07 bits per heavy atom. The zero-order chi connectivity index (χ0) is 44.2. The van der Waals surface area contributed by atoms with Crippen LogP contribution in [0.25, 0.3) is 0 Å². The molecule has 9 heteroatoms. The highest BCUT2D eigenvalue weighted by atomic mass is 16.7.